The summed E-state index contributed by atoms with van der Waals surface area (Å²) in [6.45, 7) is 8.35. The summed E-state index contributed by atoms with van der Waals surface area (Å²) >= 11 is 0. The molecule has 0 spiro atoms. The fraction of sp³-hybridized carbons (Fsp3) is 0.379. The highest BCUT2D eigenvalue weighted by atomic mass is 16.5. The number of anilines is 1. The zero-order chi connectivity index (χ0) is 25.8. The number of fused-ring (bicyclic) bond motifs is 1. The molecular weight excluding hydrogens is 454 g/mol. The number of ketones is 1. The van der Waals surface area contributed by atoms with Crippen molar-refractivity contribution in [2.75, 3.05) is 26.6 Å². The molecule has 5 rings (SSSR count). The van der Waals surface area contributed by atoms with Crippen LogP contribution in [0.15, 0.2) is 47.7 Å². The summed E-state index contributed by atoms with van der Waals surface area (Å²) in [5.74, 6) is 2.37. The van der Waals surface area contributed by atoms with Crippen LogP contribution in [0, 0.1) is 19.3 Å². The number of benzene rings is 2. The molecular formula is C29H33N3O4. The third-order valence-corrected chi connectivity index (χ3v) is 7.17. The summed E-state index contributed by atoms with van der Waals surface area (Å²) in [7, 11) is 4.80. The summed E-state index contributed by atoms with van der Waals surface area (Å²) in [4.78, 5) is 13.7. The van der Waals surface area contributed by atoms with E-state index in [1.165, 1.54) is 5.56 Å². The topological polar surface area (TPSA) is 74.6 Å². The molecule has 2 heterocycles. The molecule has 0 bridgehead atoms. The van der Waals surface area contributed by atoms with Crippen molar-refractivity contribution in [2.45, 2.75) is 46.5 Å². The molecule has 1 atom stereocenters. The van der Waals surface area contributed by atoms with Crippen molar-refractivity contribution in [1.29, 1.82) is 0 Å². The lowest BCUT2D eigenvalue weighted by atomic mass is 9.69. The van der Waals surface area contributed by atoms with Gasteiger partial charge in [-0.05, 0) is 55.5 Å². The van der Waals surface area contributed by atoms with Crippen molar-refractivity contribution in [2.24, 2.45) is 5.41 Å². The molecule has 0 amide bonds. The zero-order valence-electron chi connectivity index (χ0n) is 22.0. The molecule has 3 aromatic rings. The molecule has 2 aromatic carbocycles. The van der Waals surface area contributed by atoms with Crippen molar-refractivity contribution < 1.29 is 19.0 Å². The second-order valence-electron chi connectivity index (χ2n) is 10.4. The highest BCUT2D eigenvalue weighted by Gasteiger charge is 2.43. The number of aryl methyl sites for hydroxylation is 2. The van der Waals surface area contributed by atoms with E-state index in [-0.39, 0.29) is 17.1 Å². The van der Waals surface area contributed by atoms with Crippen LogP contribution < -0.4 is 19.5 Å². The smallest absolute Gasteiger partial charge is 0.203 e. The molecule has 1 aliphatic carbocycles. The minimum absolute atomic E-state index is 0.135. The maximum Gasteiger partial charge on any atom is 0.203 e. The highest BCUT2D eigenvalue weighted by molar-refractivity contribution is 6.01. The predicted molar refractivity (Wildman–Crippen MR) is 140 cm³/mol. The van der Waals surface area contributed by atoms with Crippen LogP contribution >= 0.6 is 0 Å². The van der Waals surface area contributed by atoms with Gasteiger partial charge < -0.3 is 19.5 Å². The Morgan fingerprint density at radius 1 is 0.972 bits per heavy atom. The van der Waals surface area contributed by atoms with Gasteiger partial charge in [0.1, 0.15) is 5.82 Å². The third-order valence-electron chi connectivity index (χ3n) is 7.17. The average molecular weight is 488 g/mol. The molecule has 36 heavy (non-hydrogen) atoms. The van der Waals surface area contributed by atoms with Crippen molar-refractivity contribution in [3.8, 4) is 22.9 Å². The lowest BCUT2D eigenvalue weighted by Gasteiger charge is -2.39. The number of allylic oxidation sites excluding steroid dienone is 2. The number of nitrogens with one attached hydrogen (secondary N) is 1. The van der Waals surface area contributed by atoms with Crippen LogP contribution in [-0.2, 0) is 4.79 Å². The second kappa shape index (κ2) is 8.73. The maximum absolute atomic E-state index is 13.7. The number of carbonyl (C=O) groups is 1. The lowest BCUT2D eigenvalue weighted by molar-refractivity contribution is -0.118. The minimum Gasteiger partial charge on any atom is -0.493 e. The Hall–Kier alpha value is -3.74. The molecule has 0 saturated heterocycles. The van der Waals surface area contributed by atoms with Gasteiger partial charge in [0.2, 0.25) is 5.75 Å². The van der Waals surface area contributed by atoms with Crippen molar-refractivity contribution in [3.05, 3.63) is 70.1 Å². The third kappa shape index (κ3) is 3.83. The second-order valence-corrected chi connectivity index (χ2v) is 10.4. The van der Waals surface area contributed by atoms with Gasteiger partial charge >= 0.3 is 0 Å². The van der Waals surface area contributed by atoms with Gasteiger partial charge in [0.15, 0.2) is 17.3 Å². The first-order chi connectivity index (χ1) is 17.2. The Balaban J connectivity index is 1.78. The molecule has 188 valence electrons. The molecule has 7 nitrogen and oxygen atoms in total. The van der Waals surface area contributed by atoms with E-state index in [0.29, 0.717) is 23.7 Å². The number of hydrogen-bond acceptors (Lipinski definition) is 6. The first-order valence-corrected chi connectivity index (χ1v) is 12.2. The number of Topliss-reactive ketones (excluding diaryl/α,β-unsaturated/α-hetero) is 1. The van der Waals surface area contributed by atoms with Gasteiger partial charge in [-0.1, -0.05) is 31.5 Å². The summed E-state index contributed by atoms with van der Waals surface area (Å²) < 4.78 is 18.8. The van der Waals surface area contributed by atoms with E-state index in [2.05, 4.69) is 50.4 Å². The van der Waals surface area contributed by atoms with Crippen LogP contribution in [-0.4, -0.2) is 36.9 Å². The average Bonchev–Trinajstić information content (AvgIpc) is 3.17. The van der Waals surface area contributed by atoms with Crippen LogP contribution in [0.1, 0.15) is 55.0 Å². The Kier molecular flexibility index (Phi) is 5.81. The molecule has 7 heteroatoms. The van der Waals surface area contributed by atoms with E-state index < -0.39 is 0 Å². The maximum atomic E-state index is 13.7. The van der Waals surface area contributed by atoms with Crippen molar-refractivity contribution in [1.82, 2.24) is 9.78 Å². The molecule has 0 saturated carbocycles. The van der Waals surface area contributed by atoms with Gasteiger partial charge in [-0.2, -0.15) is 5.10 Å². The molecule has 1 unspecified atom stereocenters. The normalized spacial score (nSPS) is 18.3. The van der Waals surface area contributed by atoms with Gasteiger partial charge in [-0.25, -0.2) is 4.68 Å². The van der Waals surface area contributed by atoms with Crippen LogP contribution in [0.5, 0.6) is 17.2 Å². The van der Waals surface area contributed by atoms with E-state index in [9.17, 15) is 4.79 Å². The quantitative estimate of drug-likeness (QED) is 0.497. The Morgan fingerprint density at radius 2 is 1.61 bits per heavy atom. The summed E-state index contributed by atoms with van der Waals surface area (Å²) in [5.41, 5.74) is 6.51. The van der Waals surface area contributed by atoms with E-state index in [1.54, 1.807) is 21.3 Å². The molecule has 1 aliphatic heterocycles. The summed E-state index contributed by atoms with van der Waals surface area (Å²) in [6.07, 6.45) is 1.27. The van der Waals surface area contributed by atoms with Gasteiger partial charge in [-0.15, -0.1) is 0 Å². The number of ether oxygens (including phenoxy) is 3. The monoisotopic (exact) mass is 487 g/mol. The minimum atomic E-state index is -0.312. The lowest BCUT2D eigenvalue weighted by Crippen LogP contribution is -2.34. The van der Waals surface area contributed by atoms with E-state index >= 15 is 0 Å². The van der Waals surface area contributed by atoms with Crippen LogP contribution in [0.25, 0.3) is 5.69 Å². The number of rotatable bonds is 5. The molecule has 1 N–H and O–H groups in total. The Labute approximate surface area is 212 Å². The number of aromatic nitrogens is 2. The van der Waals surface area contributed by atoms with Gasteiger partial charge in [-0.3, -0.25) is 4.79 Å². The van der Waals surface area contributed by atoms with Crippen LogP contribution in [0.3, 0.4) is 0 Å². The largest absolute Gasteiger partial charge is 0.493 e. The van der Waals surface area contributed by atoms with Crippen LogP contribution in [0.2, 0.25) is 0 Å². The predicted octanol–water partition coefficient (Wildman–Crippen LogP) is 5.72. The van der Waals surface area contributed by atoms with E-state index in [1.807, 2.05) is 23.7 Å². The first kappa shape index (κ1) is 24.0. The standard InChI is InChI=1S/C29H33N3O4/c1-16-8-10-19(11-9-16)32-28-24(17(2)31-32)25(26-20(30-28)14-29(3,4)15-21(26)33)18-12-22(34-5)27(36-7)23(13-18)35-6/h8-13,25,30H,14-15H2,1-7H3. The zero-order valence-corrected chi connectivity index (χ0v) is 22.0. The Bertz CT molecular complexity index is 1360. The summed E-state index contributed by atoms with van der Waals surface area (Å²) in [6, 6.07) is 12.2. The summed E-state index contributed by atoms with van der Waals surface area (Å²) in [5, 5.41) is 8.57. The number of hydrogen-bond donors (Lipinski definition) is 1. The number of nitrogens with zero attached hydrogens (tertiary/aromatic N) is 2. The van der Waals surface area contributed by atoms with Gasteiger partial charge in [0.05, 0.1) is 32.7 Å². The SMILES string of the molecule is COc1cc(C2C3=C(CC(C)(C)CC3=O)Nc3c2c(C)nn3-c2ccc(C)cc2)cc(OC)c1OC. The highest BCUT2D eigenvalue weighted by Crippen LogP contribution is 2.52. The van der Waals surface area contributed by atoms with E-state index in [0.717, 1.165) is 46.0 Å². The fourth-order valence-electron chi connectivity index (χ4n) is 5.55. The van der Waals surface area contributed by atoms with Crippen molar-refractivity contribution in [3.63, 3.8) is 0 Å². The van der Waals surface area contributed by atoms with Crippen molar-refractivity contribution >= 4 is 11.6 Å². The molecule has 1 aromatic heterocycles. The number of carbonyl (C=O) groups excluding carboxylic acids is 1. The molecule has 0 radical (unpaired) electrons. The Morgan fingerprint density at radius 3 is 2.19 bits per heavy atom. The fourth-order valence-corrected chi connectivity index (χ4v) is 5.55. The molecule has 0 fully saturated rings. The molecule has 2 aliphatic rings. The van der Waals surface area contributed by atoms with Gasteiger partial charge in [0, 0.05) is 29.2 Å². The number of methoxy groups -OCH3 is 3. The van der Waals surface area contributed by atoms with Crippen LogP contribution in [0.4, 0.5) is 5.82 Å². The van der Waals surface area contributed by atoms with Gasteiger partial charge in [0.25, 0.3) is 0 Å². The van der Waals surface area contributed by atoms with E-state index in [4.69, 9.17) is 19.3 Å². The first-order valence-electron chi connectivity index (χ1n) is 12.2.